The van der Waals surface area contributed by atoms with Crippen LogP contribution >= 0.6 is 0 Å². The van der Waals surface area contributed by atoms with Gasteiger partial charge in [0.25, 0.3) is 0 Å². The third-order valence-corrected chi connectivity index (χ3v) is 5.64. The van der Waals surface area contributed by atoms with Gasteiger partial charge < -0.3 is 15.4 Å². The molecule has 2 aliphatic rings. The Bertz CT molecular complexity index is 373. The van der Waals surface area contributed by atoms with Crippen molar-refractivity contribution >= 4 is 5.91 Å². The quantitative estimate of drug-likeness (QED) is 0.864. The fourth-order valence-electron chi connectivity index (χ4n) is 3.85. The summed E-state index contributed by atoms with van der Waals surface area (Å²) in [4.78, 5) is 15.1. The van der Waals surface area contributed by atoms with Crippen molar-refractivity contribution in [3.63, 3.8) is 0 Å². The first-order chi connectivity index (χ1) is 9.25. The van der Waals surface area contributed by atoms with Crippen molar-refractivity contribution in [1.82, 2.24) is 4.90 Å². The average molecular weight is 282 g/mol. The summed E-state index contributed by atoms with van der Waals surface area (Å²) in [5.41, 5.74) is 5.46. The molecule has 2 N–H and O–H groups in total. The van der Waals surface area contributed by atoms with E-state index >= 15 is 0 Å². The van der Waals surface area contributed by atoms with Gasteiger partial charge in [-0.15, -0.1) is 0 Å². The van der Waals surface area contributed by atoms with Crippen LogP contribution in [0, 0.1) is 5.41 Å². The summed E-state index contributed by atoms with van der Waals surface area (Å²) in [5, 5.41) is 0. The maximum absolute atomic E-state index is 13.0. The maximum Gasteiger partial charge on any atom is 0.243 e. The van der Waals surface area contributed by atoms with Gasteiger partial charge in [-0.2, -0.15) is 0 Å². The first-order valence-electron chi connectivity index (χ1n) is 7.99. The summed E-state index contributed by atoms with van der Waals surface area (Å²) in [6.45, 7) is 11.1. The summed E-state index contributed by atoms with van der Waals surface area (Å²) < 4.78 is 5.73. The van der Waals surface area contributed by atoms with Crippen LogP contribution in [0.4, 0.5) is 0 Å². The smallest absolute Gasteiger partial charge is 0.243 e. The fraction of sp³-hybridized carbons (Fsp3) is 0.938. The number of hydrogen-bond donors (Lipinski definition) is 1. The number of carbonyl (C=O) groups excluding carboxylic acids is 1. The fourth-order valence-corrected chi connectivity index (χ4v) is 3.85. The van der Waals surface area contributed by atoms with Crippen LogP contribution in [0.5, 0.6) is 0 Å². The molecular formula is C16H30N2O2. The van der Waals surface area contributed by atoms with Gasteiger partial charge in [-0.25, -0.2) is 0 Å². The number of ether oxygens (including phenoxy) is 1. The van der Waals surface area contributed by atoms with E-state index in [0.717, 1.165) is 12.8 Å². The highest BCUT2D eigenvalue weighted by molar-refractivity contribution is 5.89. The zero-order chi connectivity index (χ0) is 15.1. The van der Waals surface area contributed by atoms with Crippen molar-refractivity contribution in [3.05, 3.63) is 0 Å². The molecule has 0 radical (unpaired) electrons. The molecule has 1 saturated carbocycles. The number of rotatable bonds is 3. The molecule has 1 heterocycles. The second-order valence-corrected chi connectivity index (χ2v) is 7.18. The molecule has 0 aromatic heterocycles. The summed E-state index contributed by atoms with van der Waals surface area (Å²) in [5.74, 6) is 0.123. The largest absolute Gasteiger partial charge is 0.378 e. The second-order valence-electron chi connectivity index (χ2n) is 7.18. The minimum absolute atomic E-state index is 0.0943. The zero-order valence-corrected chi connectivity index (χ0v) is 13.6. The normalized spacial score (nSPS) is 40.3. The molecule has 0 spiro atoms. The summed E-state index contributed by atoms with van der Waals surface area (Å²) in [6.07, 6.45) is 4.11. The molecule has 116 valence electrons. The Hall–Kier alpha value is -0.610. The van der Waals surface area contributed by atoms with Gasteiger partial charge in [0.05, 0.1) is 6.10 Å². The Kier molecular flexibility index (Phi) is 4.18. The van der Waals surface area contributed by atoms with Gasteiger partial charge in [0.15, 0.2) is 0 Å². The van der Waals surface area contributed by atoms with Crippen molar-refractivity contribution in [2.75, 3.05) is 6.61 Å². The monoisotopic (exact) mass is 282 g/mol. The summed E-state index contributed by atoms with van der Waals surface area (Å²) in [7, 11) is 0. The van der Waals surface area contributed by atoms with Gasteiger partial charge in [-0.3, -0.25) is 4.79 Å². The molecule has 2 rings (SSSR count). The van der Waals surface area contributed by atoms with Crippen LogP contribution in [-0.4, -0.2) is 41.1 Å². The van der Waals surface area contributed by atoms with E-state index in [9.17, 15) is 4.79 Å². The third-order valence-electron chi connectivity index (χ3n) is 5.64. The van der Waals surface area contributed by atoms with E-state index in [0.29, 0.717) is 25.1 Å². The number of amides is 1. The first-order valence-corrected chi connectivity index (χ1v) is 7.99. The van der Waals surface area contributed by atoms with Crippen molar-refractivity contribution in [2.45, 2.75) is 84.0 Å². The lowest BCUT2D eigenvalue weighted by atomic mass is 9.54. The second kappa shape index (κ2) is 5.30. The van der Waals surface area contributed by atoms with Gasteiger partial charge in [-0.1, -0.05) is 13.8 Å². The highest BCUT2D eigenvalue weighted by atomic mass is 16.5. The van der Waals surface area contributed by atoms with Crippen molar-refractivity contribution < 1.29 is 9.53 Å². The van der Waals surface area contributed by atoms with E-state index in [4.69, 9.17) is 10.5 Å². The Morgan fingerprint density at radius 1 is 1.30 bits per heavy atom. The van der Waals surface area contributed by atoms with Crippen LogP contribution in [0.1, 0.15) is 60.3 Å². The molecule has 1 saturated heterocycles. The van der Waals surface area contributed by atoms with Gasteiger partial charge in [0.2, 0.25) is 5.91 Å². The van der Waals surface area contributed by atoms with Gasteiger partial charge in [0, 0.05) is 30.5 Å². The molecular weight excluding hydrogens is 252 g/mol. The number of nitrogens with zero attached hydrogens (tertiary/aromatic N) is 1. The van der Waals surface area contributed by atoms with E-state index in [-0.39, 0.29) is 17.4 Å². The highest BCUT2D eigenvalue weighted by Crippen LogP contribution is 2.51. The number of hydrogen-bond acceptors (Lipinski definition) is 3. The van der Waals surface area contributed by atoms with E-state index < -0.39 is 5.54 Å². The van der Waals surface area contributed by atoms with Gasteiger partial charge >= 0.3 is 0 Å². The minimum atomic E-state index is -0.771. The van der Waals surface area contributed by atoms with E-state index in [1.807, 2.05) is 11.8 Å². The van der Waals surface area contributed by atoms with E-state index in [1.54, 1.807) is 0 Å². The van der Waals surface area contributed by atoms with Crippen molar-refractivity contribution in [3.8, 4) is 0 Å². The molecule has 0 aromatic rings. The Morgan fingerprint density at radius 2 is 1.85 bits per heavy atom. The number of piperidine rings is 1. The molecule has 1 aliphatic heterocycles. The average Bonchev–Trinajstić information content (AvgIpc) is 2.37. The SMILES string of the molecule is CCOC1CC(N)(C(=O)N2C(C)CCCC2C)C1(C)C. The van der Waals surface area contributed by atoms with Crippen LogP contribution in [0.3, 0.4) is 0 Å². The first kappa shape index (κ1) is 15.8. The number of nitrogens with two attached hydrogens (primary N) is 1. The lowest BCUT2D eigenvalue weighted by molar-refractivity contribution is -0.184. The van der Waals surface area contributed by atoms with Crippen LogP contribution in [0.15, 0.2) is 0 Å². The molecule has 4 unspecified atom stereocenters. The molecule has 20 heavy (non-hydrogen) atoms. The van der Waals surface area contributed by atoms with E-state index in [2.05, 4.69) is 27.7 Å². The molecule has 1 aliphatic carbocycles. The summed E-state index contributed by atoms with van der Waals surface area (Å²) >= 11 is 0. The maximum atomic E-state index is 13.0. The van der Waals surface area contributed by atoms with Gasteiger partial charge in [0.1, 0.15) is 5.54 Å². The van der Waals surface area contributed by atoms with E-state index in [1.165, 1.54) is 6.42 Å². The zero-order valence-electron chi connectivity index (χ0n) is 13.6. The molecule has 0 bridgehead atoms. The lowest BCUT2D eigenvalue weighted by Gasteiger charge is -2.60. The van der Waals surface area contributed by atoms with Crippen molar-refractivity contribution in [1.29, 1.82) is 0 Å². The lowest BCUT2D eigenvalue weighted by Crippen LogP contribution is -2.77. The molecule has 4 nitrogen and oxygen atoms in total. The van der Waals surface area contributed by atoms with Crippen LogP contribution in [0.2, 0.25) is 0 Å². The van der Waals surface area contributed by atoms with Crippen LogP contribution in [-0.2, 0) is 9.53 Å². The van der Waals surface area contributed by atoms with Crippen LogP contribution < -0.4 is 5.73 Å². The third kappa shape index (κ3) is 2.17. The molecule has 4 atom stereocenters. The Labute approximate surface area is 123 Å². The topological polar surface area (TPSA) is 55.6 Å². The Balaban J connectivity index is 2.16. The van der Waals surface area contributed by atoms with Crippen molar-refractivity contribution in [2.24, 2.45) is 11.1 Å². The predicted molar refractivity (Wildman–Crippen MR) is 80.4 cm³/mol. The molecule has 2 fully saturated rings. The van der Waals surface area contributed by atoms with Gasteiger partial charge in [-0.05, 0) is 40.0 Å². The predicted octanol–water partition coefficient (Wildman–Crippen LogP) is 2.31. The Morgan fingerprint density at radius 3 is 2.30 bits per heavy atom. The number of likely N-dealkylation sites (tertiary alicyclic amines) is 1. The standard InChI is InChI=1S/C16H30N2O2/c1-6-20-13-10-16(17,15(13,4)5)14(19)18-11(2)8-7-9-12(18)3/h11-13H,6-10,17H2,1-5H3. The summed E-state index contributed by atoms with van der Waals surface area (Å²) in [6, 6.07) is 0.599. The molecule has 0 aromatic carbocycles. The molecule has 1 amide bonds. The minimum Gasteiger partial charge on any atom is -0.378 e. The van der Waals surface area contributed by atoms with Crippen LogP contribution in [0.25, 0.3) is 0 Å². The number of carbonyl (C=O) groups is 1. The molecule has 4 heteroatoms. The highest BCUT2D eigenvalue weighted by Gasteiger charge is 2.64.